The summed E-state index contributed by atoms with van der Waals surface area (Å²) in [7, 11) is 0. The summed E-state index contributed by atoms with van der Waals surface area (Å²) in [5, 5.41) is 10.1. The third kappa shape index (κ3) is 2.74. The van der Waals surface area contributed by atoms with E-state index in [1.165, 1.54) is 6.07 Å². The average molecular weight is 269 g/mol. The van der Waals surface area contributed by atoms with E-state index in [-0.39, 0.29) is 11.4 Å². The van der Waals surface area contributed by atoms with Crippen LogP contribution < -0.4 is 0 Å². The lowest BCUT2D eigenvalue weighted by molar-refractivity contribution is 0.148. The zero-order valence-corrected chi connectivity index (χ0v) is 10.7. The second-order valence-electron chi connectivity index (χ2n) is 4.09. The van der Waals surface area contributed by atoms with Crippen molar-refractivity contribution in [3.05, 3.63) is 58.3 Å². The van der Waals surface area contributed by atoms with E-state index in [1.807, 2.05) is 13.0 Å². The van der Waals surface area contributed by atoms with Crippen LogP contribution in [0.4, 0.5) is 4.39 Å². The van der Waals surface area contributed by atoms with Crippen LogP contribution in [0.1, 0.15) is 30.1 Å². The molecule has 0 amide bonds. The Hall–Kier alpha value is -1.32. The highest BCUT2D eigenvalue weighted by Crippen LogP contribution is 2.26. The molecule has 0 saturated heterocycles. The molecule has 4 heteroatoms. The number of aliphatic hydroxyl groups is 1. The molecule has 0 aliphatic carbocycles. The molecule has 0 spiro atoms. The molecular weight excluding hydrogens is 255 g/mol. The molecule has 96 valence electrons. The van der Waals surface area contributed by atoms with Crippen molar-refractivity contribution in [2.24, 2.45) is 0 Å². The van der Waals surface area contributed by atoms with Gasteiger partial charge in [-0.1, -0.05) is 30.7 Å². The quantitative estimate of drug-likeness (QED) is 0.912. The van der Waals surface area contributed by atoms with Gasteiger partial charge in [-0.15, -0.1) is 0 Å². The van der Waals surface area contributed by atoms with Crippen LogP contribution in [-0.4, -0.2) is 5.11 Å². The molecule has 1 aromatic carbocycles. The van der Waals surface area contributed by atoms with Crippen molar-refractivity contribution in [2.45, 2.75) is 25.9 Å². The first-order valence-electron chi connectivity index (χ1n) is 5.81. The minimum atomic E-state index is -0.815. The molecule has 0 aliphatic heterocycles. The van der Waals surface area contributed by atoms with Gasteiger partial charge in [0.25, 0.3) is 0 Å². The van der Waals surface area contributed by atoms with Crippen molar-refractivity contribution < 1.29 is 13.9 Å². The standard InChI is InChI=1S/C14H14ClFO2/c1-2-10-6-7-13(18-10)12(17)8-9-4-3-5-11(16)14(9)15/h3-7,12,17H,2,8H2,1H3. The molecule has 0 aliphatic rings. The predicted molar refractivity (Wildman–Crippen MR) is 68.2 cm³/mol. The van der Waals surface area contributed by atoms with E-state index >= 15 is 0 Å². The van der Waals surface area contributed by atoms with Crippen molar-refractivity contribution in [1.82, 2.24) is 0 Å². The number of hydrogen-bond acceptors (Lipinski definition) is 2. The lowest BCUT2D eigenvalue weighted by Gasteiger charge is -2.09. The van der Waals surface area contributed by atoms with E-state index in [0.717, 1.165) is 12.2 Å². The number of rotatable bonds is 4. The zero-order chi connectivity index (χ0) is 13.1. The smallest absolute Gasteiger partial charge is 0.142 e. The van der Waals surface area contributed by atoms with E-state index in [4.69, 9.17) is 16.0 Å². The van der Waals surface area contributed by atoms with Crippen molar-refractivity contribution in [3.8, 4) is 0 Å². The van der Waals surface area contributed by atoms with Gasteiger partial charge in [0.15, 0.2) is 0 Å². The Labute approximate surface area is 110 Å². The molecule has 1 N–H and O–H groups in total. The highest BCUT2D eigenvalue weighted by Gasteiger charge is 2.15. The van der Waals surface area contributed by atoms with Gasteiger partial charge in [-0.05, 0) is 23.8 Å². The molecule has 2 nitrogen and oxygen atoms in total. The Bertz CT molecular complexity index is 536. The zero-order valence-electron chi connectivity index (χ0n) is 9.99. The number of aryl methyl sites for hydroxylation is 1. The van der Waals surface area contributed by atoms with Gasteiger partial charge in [0, 0.05) is 12.8 Å². The second kappa shape index (κ2) is 5.55. The molecular formula is C14H14ClFO2. The third-order valence-corrected chi connectivity index (χ3v) is 3.23. The molecule has 1 heterocycles. The normalized spacial score (nSPS) is 12.7. The summed E-state index contributed by atoms with van der Waals surface area (Å²) in [4.78, 5) is 0. The van der Waals surface area contributed by atoms with Crippen LogP contribution in [0.2, 0.25) is 5.02 Å². The van der Waals surface area contributed by atoms with Gasteiger partial charge < -0.3 is 9.52 Å². The van der Waals surface area contributed by atoms with Crippen LogP contribution in [0, 0.1) is 5.82 Å². The topological polar surface area (TPSA) is 33.4 Å². The van der Waals surface area contributed by atoms with E-state index in [1.54, 1.807) is 18.2 Å². The van der Waals surface area contributed by atoms with Crippen LogP contribution in [-0.2, 0) is 12.8 Å². The van der Waals surface area contributed by atoms with E-state index < -0.39 is 11.9 Å². The first-order chi connectivity index (χ1) is 8.61. The highest BCUT2D eigenvalue weighted by atomic mass is 35.5. The van der Waals surface area contributed by atoms with E-state index in [2.05, 4.69) is 0 Å². The molecule has 0 saturated carbocycles. The minimum absolute atomic E-state index is 0.0545. The number of furan rings is 1. The number of hydrogen-bond donors (Lipinski definition) is 1. The monoisotopic (exact) mass is 268 g/mol. The fourth-order valence-corrected chi connectivity index (χ4v) is 1.98. The summed E-state index contributed by atoms with van der Waals surface area (Å²) in [6.07, 6.45) is 0.186. The molecule has 0 fully saturated rings. The summed E-state index contributed by atoms with van der Waals surface area (Å²) in [6, 6.07) is 8.11. The lowest BCUT2D eigenvalue weighted by Crippen LogP contribution is -2.01. The van der Waals surface area contributed by atoms with Crippen LogP contribution in [0.25, 0.3) is 0 Å². The Morgan fingerprint density at radius 3 is 2.78 bits per heavy atom. The molecule has 1 aromatic heterocycles. The fourth-order valence-electron chi connectivity index (χ4n) is 1.78. The Morgan fingerprint density at radius 2 is 2.11 bits per heavy atom. The lowest BCUT2D eigenvalue weighted by atomic mass is 10.1. The van der Waals surface area contributed by atoms with Crippen LogP contribution in [0.5, 0.6) is 0 Å². The van der Waals surface area contributed by atoms with Gasteiger partial charge in [0.1, 0.15) is 23.4 Å². The Kier molecular flexibility index (Phi) is 4.04. The van der Waals surface area contributed by atoms with E-state index in [0.29, 0.717) is 11.3 Å². The van der Waals surface area contributed by atoms with Gasteiger partial charge >= 0.3 is 0 Å². The number of aliphatic hydroxyl groups excluding tert-OH is 1. The summed E-state index contributed by atoms with van der Waals surface area (Å²) < 4.78 is 18.7. The number of benzene rings is 1. The van der Waals surface area contributed by atoms with Crippen molar-refractivity contribution >= 4 is 11.6 Å². The third-order valence-electron chi connectivity index (χ3n) is 2.80. The molecule has 18 heavy (non-hydrogen) atoms. The molecule has 2 aromatic rings. The van der Waals surface area contributed by atoms with Gasteiger partial charge in [0.2, 0.25) is 0 Å². The first-order valence-corrected chi connectivity index (χ1v) is 6.19. The van der Waals surface area contributed by atoms with Crippen LogP contribution >= 0.6 is 11.6 Å². The summed E-state index contributed by atoms with van der Waals surface area (Å²) in [5.41, 5.74) is 0.568. The SMILES string of the molecule is CCc1ccc(C(O)Cc2cccc(F)c2Cl)o1. The fraction of sp³-hybridized carbons (Fsp3) is 0.286. The average Bonchev–Trinajstić information content (AvgIpc) is 2.83. The number of halogens is 2. The van der Waals surface area contributed by atoms with Gasteiger partial charge in [-0.3, -0.25) is 0 Å². The van der Waals surface area contributed by atoms with Crippen molar-refractivity contribution in [2.75, 3.05) is 0 Å². The van der Waals surface area contributed by atoms with Gasteiger partial charge in [-0.2, -0.15) is 0 Å². The van der Waals surface area contributed by atoms with E-state index in [9.17, 15) is 9.50 Å². The first kappa shape index (κ1) is 13.1. The second-order valence-corrected chi connectivity index (χ2v) is 4.47. The summed E-state index contributed by atoms with van der Waals surface area (Å²) in [5.74, 6) is 0.816. The molecule has 0 bridgehead atoms. The van der Waals surface area contributed by atoms with Crippen LogP contribution in [0.15, 0.2) is 34.7 Å². The predicted octanol–water partition coefficient (Wildman–Crippen LogP) is 3.91. The maximum atomic E-state index is 13.3. The molecule has 1 atom stereocenters. The Morgan fingerprint density at radius 1 is 1.33 bits per heavy atom. The Balaban J connectivity index is 2.15. The largest absolute Gasteiger partial charge is 0.463 e. The van der Waals surface area contributed by atoms with Crippen molar-refractivity contribution in [3.63, 3.8) is 0 Å². The maximum absolute atomic E-state index is 13.3. The van der Waals surface area contributed by atoms with Crippen molar-refractivity contribution in [1.29, 1.82) is 0 Å². The molecule has 0 radical (unpaired) electrons. The summed E-state index contributed by atoms with van der Waals surface area (Å²) >= 11 is 5.84. The summed E-state index contributed by atoms with van der Waals surface area (Å²) in [6.45, 7) is 1.97. The van der Waals surface area contributed by atoms with Gasteiger partial charge in [0.05, 0.1) is 5.02 Å². The molecule has 1 unspecified atom stereocenters. The van der Waals surface area contributed by atoms with Crippen LogP contribution in [0.3, 0.4) is 0 Å². The van der Waals surface area contributed by atoms with Gasteiger partial charge in [-0.25, -0.2) is 4.39 Å². The maximum Gasteiger partial charge on any atom is 0.142 e. The molecule has 2 rings (SSSR count). The highest BCUT2D eigenvalue weighted by molar-refractivity contribution is 6.31. The minimum Gasteiger partial charge on any atom is -0.463 e.